The molecule has 4 aliphatic rings. The van der Waals surface area contributed by atoms with Crippen LogP contribution < -0.4 is 5.32 Å². The number of likely N-dealkylation sites (N-methyl/N-ethyl adjacent to an activating group) is 2. The van der Waals surface area contributed by atoms with Crippen molar-refractivity contribution in [2.45, 2.75) is 44.6 Å². The first-order chi connectivity index (χ1) is 8.13. The van der Waals surface area contributed by atoms with E-state index in [0.29, 0.717) is 5.41 Å². The van der Waals surface area contributed by atoms with Crippen LogP contribution in [0.3, 0.4) is 0 Å². The minimum Gasteiger partial charge on any atom is -0.318 e. The Balaban J connectivity index is 1.84. The zero-order chi connectivity index (χ0) is 12.0. The smallest absolute Gasteiger partial charge is 0.0271 e. The molecule has 1 unspecified atom stereocenters. The van der Waals surface area contributed by atoms with E-state index in [4.69, 9.17) is 0 Å². The fraction of sp³-hybridized carbons (Fsp3) is 1.00. The molecule has 98 valence electrons. The van der Waals surface area contributed by atoms with Crippen molar-refractivity contribution in [3.8, 4) is 0 Å². The first-order valence-electron chi connectivity index (χ1n) is 7.44. The summed E-state index contributed by atoms with van der Waals surface area (Å²) in [6.45, 7) is 1.17. The van der Waals surface area contributed by atoms with Crippen LogP contribution in [0.15, 0.2) is 0 Å². The van der Waals surface area contributed by atoms with E-state index in [9.17, 15) is 0 Å². The molecule has 0 heterocycles. The number of rotatable bonds is 4. The van der Waals surface area contributed by atoms with Crippen LogP contribution in [0.5, 0.6) is 0 Å². The van der Waals surface area contributed by atoms with Crippen LogP contribution in [-0.4, -0.2) is 38.6 Å². The van der Waals surface area contributed by atoms with E-state index in [1.807, 2.05) is 0 Å². The highest BCUT2D eigenvalue weighted by Gasteiger charge is 2.54. The van der Waals surface area contributed by atoms with Crippen LogP contribution in [0.1, 0.15) is 38.5 Å². The lowest BCUT2D eigenvalue weighted by atomic mass is 9.47. The molecule has 0 spiro atoms. The normalized spacial score (nSPS) is 45.5. The number of nitrogens with zero attached hydrogens (tertiary/aromatic N) is 1. The first kappa shape index (κ1) is 12.0. The summed E-state index contributed by atoms with van der Waals surface area (Å²) in [7, 11) is 6.66. The van der Waals surface area contributed by atoms with Crippen molar-refractivity contribution in [1.29, 1.82) is 0 Å². The molecule has 4 saturated carbocycles. The molecule has 0 aliphatic heterocycles. The standard InChI is InChI=1S/C15H28N2/c1-16-10-14(17(2)3)15-7-11-4-12(8-15)6-13(5-11)9-15/h11-14,16H,4-10H2,1-3H3. The van der Waals surface area contributed by atoms with Crippen molar-refractivity contribution in [2.75, 3.05) is 27.7 Å². The van der Waals surface area contributed by atoms with Gasteiger partial charge in [0.1, 0.15) is 0 Å². The van der Waals surface area contributed by atoms with Crippen LogP contribution in [0, 0.1) is 23.2 Å². The van der Waals surface area contributed by atoms with E-state index in [0.717, 1.165) is 23.8 Å². The Morgan fingerprint density at radius 3 is 1.88 bits per heavy atom. The van der Waals surface area contributed by atoms with Gasteiger partial charge >= 0.3 is 0 Å². The zero-order valence-corrected chi connectivity index (χ0v) is 11.7. The van der Waals surface area contributed by atoms with Crippen molar-refractivity contribution in [2.24, 2.45) is 23.2 Å². The van der Waals surface area contributed by atoms with Gasteiger partial charge in [-0.15, -0.1) is 0 Å². The largest absolute Gasteiger partial charge is 0.318 e. The van der Waals surface area contributed by atoms with Gasteiger partial charge in [-0.25, -0.2) is 0 Å². The van der Waals surface area contributed by atoms with Gasteiger partial charge in [-0.2, -0.15) is 0 Å². The molecule has 0 amide bonds. The highest BCUT2D eigenvalue weighted by molar-refractivity contribution is 5.06. The van der Waals surface area contributed by atoms with Crippen molar-refractivity contribution >= 4 is 0 Å². The van der Waals surface area contributed by atoms with Gasteiger partial charge in [0.05, 0.1) is 0 Å². The topological polar surface area (TPSA) is 15.3 Å². The quantitative estimate of drug-likeness (QED) is 0.806. The molecule has 1 atom stereocenters. The fourth-order valence-corrected chi connectivity index (χ4v) is 5.73. The number of hydrogen-bond donors (Lipinski definition) is 1. The van der Waals surface area contributed by atoms with E-state index in [1.54, 1.807) is 19.3 Å². The minimum atomic E-state index is 0.654. The summed E-state index contributed by atoms with van der Waals surface area (Å²) in [5, 5.41) is 3.43. The highest BCUT2D eigenvalue weighted by Crippen LogP contribution is 2.61. The summed E-state index contributed by atoms with van der Waals surface area (Å²) in [6, 6.07) is 0.751. The minimum absolute atomic E-state index is 0.654. The zero-order valence-electron chi connectivity index (χ0n) is 11.7. The average Bonchev–Trinajstić information content (AvgIpc) is 2.23. The van der Waals surface area contributed by atoms with Crippen LogP contribution in [0.4, 0.5) is 0 Å². The Morgan fingerprint density at radius 2 is 1.53 bits per heavy atom. The van der Waals surface area contributed by atoms with Gasteiger partial charge in [-0.1, -0.05) is 0 Å². The van der Waals surface area contributed by atoms with E-state index < -0.39 is 0 Å². The molecule has 0 aromatic carbocycles. The average molecular weight is 236 g/mol. The Kier molecular flexibility index (Phi) is 2.99. The first-order valence-corrected chi connectivity index (χ1v) is 7.44. The molecule has 2 nitrogen and oxygen atoms in total. The predicted octanol–water partition coefficient (Wildman–Crippen LogP) is 2.35. The summed E-state index contributed by atoms with van der Waals surface area (Å²) in [5.41, 5.74) is 0.654. The van der Waals surface area contributed by atoms with Gasteiger partial charge in [0.2, 0.25) is 0 Å². The summed E-state index contributed by atoms with van der Waals surface area (Å²) < 4.78 is 0. The Bertz CT molecular complexity index is 249. The molecule has 4 rings (SSSR count). The molecule has 0 aromatic rings. The van der Waals surface area contributed by atoms with Gasteiger partial charge in [-0.05, 0) is 82.8 Å². The SMILES string of the molecule is CNCC(N(C)C)C12CC3CC(CC(C3)C1)C2. The summed E-state index contributed by atoms with van der Waals surface area (Å²) in [5.74, 6) is 3.21. The second-order valence-electron chi connectivity index (χ2n) is 7.32. The molecule has 4 bridgehead atoms. The van der Waals surface area contributed by atoms with Gasteiger partial charge in [-0.3, -0.25) is 0 Å². The molecular formula is C15H28N2. The Morgan fingerprint density at radius 1 is 1.06 bits per heavy atom. The molecule has 17 heavy (non-hydrogen) atoms. The van der Waals surface area contributed by atoms with E-state index in [-0.39, 0.29) is 0 Å². The van der Waals surface area contributed by atoms with Crippen molar-refractivity contribution < 1.29 is 0 Å². The molecule has 2 heteroatoms. The monoisotopic (exact) mass is 236 g/mol. The van der Waals surface area contributed by atoms with Gasteiger partial charge in [0.15, 0.2) is 0 Å². The molecule has 4 aliphatic carbocycles. The van der Waals surface area contributed by atoms with Gasteiger partial charge < -0.3 is 10.2 Å². The third kappa shape index (κ3) is 1.94. The Labute approximate surface area is 106 Å². The maximum atomic E-state index is 3.43. The Hall–Kier alpha value is -0.0800. The predicted molar refractivity (Wildman–Crippen MR) is 72.0 cm³/mol. The van der Waals surface area contributed by atoms with E-state index in [2.05, 4.69) is 31.4 Å². The lowest BCUT2D eigenvalue weighted by Gasteiger charge is -2.60. The molecule has 0 aromatic heterocycles. The molecule has 0 radical (unpaired) electrons. The number of hydrogen-bond acceptors (Lipinski definition) is 2. The second-order valence-corrected chi connectivity index (χ2v) is 7.32. The maximum absolute atomic E-state index is 3.43. The van der Waals surface area contributed by atoms with Crippen LogP contribution in [0.2, 0.25) is 0 Å². The summed E-state index contributed by atoms with van der Waals surface area (Å²) in [6.07, 6.45) is 9.22. The molecule has 0 saturated heterocycles. The maximum Gasteiger partial charge on any atom is 0.0271 e. The van der Waals surface area contributed by atoms with Crippen LogP contribution in [0.25, 0.3) is 0 Å². The van der Waals surface area contributed by atoms with Gasteiger partial charge in [0, 0.05) is 12.6 Å². The lowest BCUT2D eigenvalue weighted by molar-refractivity contribution is -0.0922. The second kappa shape index (κ2) is 4.24. The highest BCUT2D eigenvalue weighted by atomic mass is 15.1. The van der Waals surface area contributed by atoms with Crippen LogP contribution >= 0.6 is 0 Å². The molecule has 1 N–H and O–H groups in total. The van der Waals surface area contributed by atoms with Crippen molar-refractivity contribution in [3.63, 3.8) is 0 Å². The third-order valence-corrected chi connectivity index (χ3v) is 5.81. The van der Waals surface area contributed by atoms with E-state index >= 15 is 0 Å². The lowest BCUT2D eigenvalue weighted by Crippen LogP contribution is -2.58. The fourth-order valence-electron chi connectivity index (χ4n) is 5.73. The van der Waals surface area contributed by atoms with Gasteiger partial charge in [0.25, 0.3) is 0 Å². The van der Waals surface area contributed by atoms with Crippen molar-refractivity contribution in [3.05, 3.63) is 0 Å². The summed E-state index contributed by atoms with van der Waals surface area (Å²) >= 11 is 0. The van der Waals surface area contributed by atoms with Crippen LogP contribution in [-0.2, 0) is 0 Å². The molecule has 4 fully saturated rings. The third-order valence-electron chi connectivity index (χ3n) is 5.81. The van der Waals surface area contributed by atoms with Crippen molar-refractivity contribution in [1.82, 2.24) is 10.2 Å². The molecular weight excluding hydrogens is 208 g/mol. The number of nitrogens with one attached hydrogen (secondary N) is 1. The van der Waals surface area contributed by atoms with E-state index in [1.165, 1.54) is 25.8 Å². The summed E-state index contributed by atoms with van der Waals surface area (Å²) in [4.78, 5) is 2.49.